The Balaban J connectivity index is 1.99. The van der Waals surface area contributed by atoms with Crippen molar-refractivity contribution in [2.24, 2.45) is 0 Å². The van der Waals surface area contributed by atoms with Gasteiger partial charge in [-0.05, 0) is 56.0 Å². The van der Waals surface area contributed by atoms with E-state index in [1.807, 2.05) is 32.2 Å². The summed E-state index contributed by atoms with van der Waals surface area (Å²) in [5.41, 5.74) is 1.63. The molecule has 0 bridgehead atoms. The van der Waals surface area contributed by atoms with Gasteiger partial charge >= 0.3 is 0 Å². The summed E-state index contributed by atoms with van der Waals surface area (Å²) in [6.07, 6.45) is 0. The number of carbonyl (C=O) groups excluding carboxylic acids is 2. The Hall–Kier alpha value is -2.54. The molecule has 0 aliphatic rings. The van der Waals surface area contributed by atoms with Crippen molar-refractivity contribution < 1.29 is 19.1 Å². The van der Waals surface area contributed by atoms with Gasteiger partial charge in [0.15, 0.2) is 18.1 Å². The Labute approximate surface area is 157 Å². The number of ether oxygens (including phenoxy) is 2. The van der Waals surface area contributed by atoms with E-state index >= 15 is 0 Å². The normalized spacial score (nSPS) is 10.5. The van der Waals surface area contributed by atoms with Gasteiger partial charge < -0.3 is 20.1 Å². The van der Waals surface area contributed by atoms with Gasteiger partial charge in [-0.1, -0.05) is 0 Å². The van der Waals surface area contributed by atoms with E-state index in [2.05, 4.69) is 10.6 Å². The summed E-state index contributed by atoms with van der Waals surface area (Å²) in [5.74, 6) is 0.412. The maximum absolute atomic E-state index is 12.4. The van der Waals surface area contributed by atoms with Crippen LogP contribution in [-0.2, 0) is 11.3 Å². The minimum atomic E-state index is -0.213. The number of amides is 2. The topological polar surface area (TPSA) is 76.7 Å². The lowest BCUT2D eigenvalue weighted by Gasteiger charge is -2.13. The van der Waals surface area contributed by atoms with E-state index in [1.54, 1.807) is 29.5 Å². The van der Waals surface area contributed by atoms with Gasteiger partial charge in [-0.15, -0.1) is 11.3 Å². The van der Waals surface area contributed by atoms with Crippen LogP contribution >= 0.6 is 11.3 Å². The van der Waals surface area contributed by atoms with Crippen LogP contribution in [0.1, 0.15) is 34.6 Å². The average Bonchev–Trinajstić information content (AvgIpc) is 3.02. The summed E-state index contributed by atoms with van der Waals surface area (Å²) in [6.45, 7) is 6.14. The highest BCUT2D eigenvalue weighted by atomic mass is 32.1. The number of nitrogens with one attached hydrogen (secondary N) is 2. The molecule has 1 aromatic heterocycles. The Bertz CT molecular complexity index is 771. The largest absolute Gasteiger partial charge is 0.493 e. The maximum atomic E-state index is 12.4. The second-order valence-corrected chi connectivity index (χ2v) is 7.09. The lowest BCUT2D eigenvalue weighted by atomic mass is 10.2. The number of hydrogen-bond donors (Lipinski definition) is 2. The fraction of sp³-hybridized carbons (Fsp3) is 0.368. The molecular formula is C19H24N2O4S. The minimum absolute atomic E-state index is 0.0473. The summed E-state index contributed by atoms with van der Waals surface area (Å²) < 4.78 is 10.8. The van der Waals surface area contributed by atoms with Crippen LogP contribution in [0.15, 0.2) is 29.6 Å². The van der Waals surface area contributed by atoms with Crippen LogP contribution in [-0.4, -0.2) is 31.6 Å². The zero-order chi connectivity index (χ0) is 19.1. The smallest absolute Gasteiger partial charge is 0.258 e. The summed E-state index contributed by atoms with van der Waals surface area (Å²) >= 11 is 1.61. The van der Waals surface area contributed by atoms with E-state index < -0.39 is 0 Å². The third-order valence-corrected chi connectivity index (χ3v) is 4.63. The van der Waals surface area contributed by atoms with Crippen molar-refractivity contribution in [3.8, 4) is 11.5 Å². The van der Waals surface area contributed by atoms with E-state index in [9.17, 15) is 9.59 Å². The Kier molecular flexibility index (Phi) is 7.03. The zero-order valence-corrected chi connectivity index (χ0v) is 16.2. The quantitative estimate of drug-likeness (QED) is 0.743. The van der Waals surface area contributed by atoms with Crippen molar-refractivity contribution in [3.05, 3.63) is 45.6 Å². The highest BCUT2D eigenvalue weighted by Gasteiger charge is 2.13. The van der Waals surface area contributed by atoms with Crippen molar-refractivity contribution in [1.82, 2.24) is 10.6 Å². The first-order chi connectivity index (χ1) is 12.4. The molecule has 0 aliphatic carbocycles. The number of methoxy groups -OCH3 is 1. The molecule has 140 valence electrons. The van der Waals surface area contributed by atoms with Gasteiger partial charge in [0.05, 0.1) is 13.7 Å². The third-order valence-electron chi connectivity index (χ3n) is 3.61. The molecule has 1 heterocycles. The van der Waals surface area contributed by atoms with Crippen molar-refractivity contribution in [2.75, 3.05) is 13.7 Å². The summed E-state index contributed by atoms with van der Waals surface area (Å²) in [5, 5.41) is 7.64. The van der Waals surface area contributed by atoms with E-state index in [1.165, 1.54) is 7.11 Å². The lowest BCUT2D eigenvalue weighted by molar-refractivity contribution is -0.123. The molecular weight excluding hydrogens is 352 g/mol. The van der Waals surface area contributed by atoms with Crippen LogP contribution in [0.3, 0.4) is 0 Å². The van der Waals surface area contributed by atoms with Crippen molar-refractivity contribution >= 4 is 23.2 Å². The first-order valence-electron chi connectivity index (χ1n) is 8.32. The molecule has 6 nitrogen and oxygen atoms in total. The molecule has 2 aromatic rings. The van der Waals surface area contributed by atoms with Gasteiger partial charge in [0.25, 0.3) is 11.8 Å². The number of thiophene rings is 1. The van der Waals surface area contributed by atoms with Crippen molar-refractivity contribution in [1.29, 1.82) is 0 Å². The minimum Gasteiger partial charge on any atom is -0.493 e. The lowest BCUT2D eigenvalue weighted by Crippen LogP contribution is -2.34. The Morgan fingerprint density at radius 2 is 1.96 bits per heavy atom. The molecule has 0 unspecified atom stereocenters. The van der Waals surface area contributed by atoms with Gasteiger partial charge in [0.1, 0.15) is 0 Å². The molecule has 0 fully saturated rings. The first kappa shape index (κ1) is 19.8. The van der Waals surface area contributed by atoms with Crippen LogP contribution in [0.5, 0.6) is 11.5 Å². The summed E-state index contributed by atoms with van der Waals surface area (Å²) in [7, 11) is 1.49. The highest BCUT2D eigenvalue weighted by Crippen LogP contribution is 2.28. The average molecular weight is 376 g/mol. The van der Waals surface area contributed by atoms with Gasteiger partial charge in [-0.2, -0.15) is 0 Å². The fourth-order valence-corrected chi connectivity index (χ4v) is 3.13. The monoisotopic (exact) mass is 376 g/mol. The molecule has 1 aromatic carbocycles. The van der Waals surface area contributed by atoms with Crippen molar-refractivity contribution in [3.63, 3.8) is 0 Å². The van der Waals surface area contributed by atoms with Gasteiger partial charge in [0, 0.05) is 16.5 Å². The molecule has 0 saturated carbocycles. The molecule has 0 atom stereocenters. The Morgan fingerprint density at radius 1 is 1.19 bits per heavy atom. The molecule has 0 radical (unpaired) electrons. The third kappa shape index (κ3) is 5.49. The molecule has 26 heavy (non-hydrogen) atoms. The van der Waals surface area contributed by atoms with Crippen molar-refractivity contribution in [2.45, 2.75) is 33.4 Å². The summed E-state index contributed by atoms with van der Waals surface area (Å²) in [6, 6.07) is 6.95. The Morgan fingerprint density at radius 3 is 2.58 bits per heavy atom. The molecule has 0 saturated heterocycles. The van der Waals surface area contributed by atoms with Crippen LogP contribution < -0.4 is 20.1 Å². The maximum Gasteiger partial charge on any atom is 0.258 e. The number of benzene rings is 1. The second-order valence-electron chi connectivity index (χ2n) is 6.09. The molecule has 7 heteroatoms. The van der Waals surface area contributed by atoms with Gasteiger partial charge in [-0.3, -0.25) is 9.59 Å². The number of hydrogen-bond acceptors (Lipinski definition) is 5. The molecule has 2 rings (SSSR count). The number of rotatable bonds is 8. The standard InChI is InChI=1S/C19H24N2O4S/c1-12(2)21-18(22)11-25-15-6-5-14(9-16(15)24-4)19(23)20-10-17-13(3)7-8-26-17/h5-9,12H,10-11H2,1-4H3,(H,20,23)(H,21,22). The number of carbonyl (C=O) groups is 2. The number of aryl methyl sites for hydroxylation is 1. The predicted molar refractivity (Wildman–Crippen MR) is 102 cm³/mol. The van der Waals surface area contributed by atoms with Crippen LogP contribution in [0, 0.1) is 6.92 Å². The van der Waals surface area contributed by atoms with Crippen LogP contribution in [0.4, 0.5) is 0 Å². The molecule has 0 spiro atoms. The predicted octanol–water partition coefficient (Wildman–Crippen LogP) is 2.90. The fourth-order valence-electron chi connectivity index (χ4n) is 2.28. The van der Waals surface area contributed by atoms with E-state index in [0.717, 1.165) is 10.4 Å². The first-order valence-corrected chi connectivity index (χ1v) is 9.20. The van der Waals surface area contributed by atoms with Crippen LogP contribution in [0.2, 0.25) is 0 Å². The SMILES string of the molecule is COc1cc(C(=O)NCc2sccc2C)ccc1OCC(=O)NC(C)C. The highest BCUT2D eigenvalue weighted by molar-refractivity contribution is 7.10. The molecule has 2 amide bonds. The van der Waals surface area contributed by atoms with E-state index in [4.69, 9.17) is 9.47 Å². The molecule has 2 N–H and O–H groups in total. The second kappa shape index (κ2) is 9.24. The van der Waals surface area contributed by atoms with Crippen LogP contribution in [0.25, 0.3) is 0 Å². The zero-order valence-electron chi connectivity index (χ0n) is 15.4. The van der Waals surface area contributed by atoms with E-state index in [0.29, 0.717) is 23.6 Å². The van der Waals surface area contributed by atoms with Gasteiger partial charge in [-0.25, -0.2) is 0 Å². The summed E-state index contributed by atoms with van der Waals surface area (Å²) in [4.78, 5) is 25.2. The van der Waals surface area contributed by atoms with E-state index in [-0.39, 0.29) is 24.5 Å². The van der Waals surface area contributed by atoms with Gasteiger partial charge in [0.2, 0.25) is 0 Å². The molecule has 0 aliphatic heterocycles.